The van der Waals surface area contributed by atoms with E-state index in [2.05, 4.69) is 22.3 Å². The first-order valence-electron chi connectivity index (χ1n) is 12.4. The average molecular weight is 431 g/mol. The second-order valence-electron chi connectivity index (χ2n) is 9.82. The van der Waals surface area contributed by atoms with Crippen molar-refractivity contribution in [1.29, 1.82) is 0 Å². The zero-order chi connectivity index (χ0) is 22.0. The van der Waals surface area contributed by atoms with E-state index in [-0.39, 0.29) is 29.3 Å². The first-order chi connectivity index (χ1) is 15.7. The second-order valence-corrected chi connectivity index (χ2v) is 9.82. The number of carbonyl (C=O) groups excluding carboxylic acids is 2. The van der Waals surface area contributed by atoms with Crippen LogP contribution in [0.2, 0.25) is 0 Å². The van der Waals surface area contributed by atoms with E-state index in [4.69, 9.17) is 0 Å². The largest absolute Gasteiger partial charge is 0.355 e. The Labute approximate surface area is 191 Å². The fourth-order valence-corrected chi connectivity index (χ4v) is 6.55. The number of rotatable bonds is 5. The number of hydrogen-bond donors (Lipinski definition) is 1. The van der Waals surface area contributed by atoms with E-state index in [1.807, 2.05) is 42.5 Å². The van der Waals surface area contributed by atoms with Crippen molar-refractivity contribution < 1.29 is 9.59 Å². The summed E-state index contributed by atoms with van der Waals surface area (Å²) in [5.74, 6) is -0.0390. The van der Waals surface area contributed by atoms with Crippen LogP contribution in [0.15, 0.2) is 54.6 Å². The molecule has 2 aromatic rings. The Morgan fingerprint density at radius 3 is 2.34 bits per heavy atom. The molecule has 1 N–H and O–H groups in total. The molecule has 4 nitrogen and oxygen atoms in total. The SMILES string of the molecule is O=C(NCCc1ccccc1)C1c2ccccc2C(=O)N(C2CCCCC2)C12CCCC2. The maximum absolute atomic E-state index is 13.8. The quantitative estimate of drug-likeness (QED) is 0.706. The molecule has 5 rings (SSSR count). The Balaban J connectivity index is 1.47. The van der Waals surface area contributed by atoms with Gasteiger partial charge in [-0.1, -0.05) is 80.6 Å². The van der Waals surface area contributed by atoms with E-state index in [9.17, 15) is 9.59 Å². The van der Waals surface area contributed by atoms with Gasteiger partial charge < -0.3 is 10.2 Å². The van der Waals surface area contributed by atoms with Crippen LogP contribution in [-0.4, -0.2) is 34.8 Å². The van der Waals surface area contributed by atoms with Crippen molar-refractivity contribution in [1.82, 2.24) is 10.2 Å². The maximum Gasteiger partial charge on any atom is 0.254 e. The van der Waals surface area contributed by atoms with Crippen LogP contribution in [0.5, 0.6) is 0 Å². The van der Waals surface area contributed by atoms with Crippen LogP contribution < -0.4 is 5.32 Å². The smallest absolute Gasteiger partial charge is 0.254 e. The Morgan fingerprint density at radius 1 is 0.906 bits per heavy atom. The third kappa shape index (κ3) is 3.74. The lowest BCUT2D eigenvalue weighted by molar-refractivity contribution is -0.127. The summed E-state index contributed by atoms with van der Waals surface area (Å²) in [6.07, 6.45) is 10.6. The molecule has 4 heteroatoms. The topological polar surface area (TPSA) is 49.4 Å². The molecule has 1 aliphatic heterocycles. The van der Waals surface area contributed by atoms with E-state index in [0.717, 1.165) is 56.1 Å². The van der Waals surface area contributed by atoms with Crippen LogP contribution in [0.3, 0.4) is 0 Å². The van der Waals surface area contributed by atoms with Gasteiger partial charge in [-0.05, 0) is 49.3 Å². The van der Waals surface area contributed by atoms with E-state index < -0.39 is 0 Å². The molecular weight excluding hydrogens is 396 g/mol. The molecule has 2 saturated carbocycles. The highest BCUT2D eigenvalue weighted by molar-refractivity contribution is 6.02. The molecule has 168 valence electrons. The van der Waals surface area contributed by atoms with E-state index >= 15 is 0 Å². The van der Waals surface area contributed by atoms with Gasteiger partial charge in [0, 0.05) is 18.2 Å². The number of benzene rings is 2. The molecule has 1 heterocycles. The van der Waals surface area contributed by atoms with Crippen molar-refractivity contribution in [3.05, 3.63) is 71.3 Å². The zero-order valence-electron chi connectivity index (χ0n) is 18.9. The fourth-order valence-electron chi connectivity index (χ4n) is 6.55. The van der Waals surface area contributed by atoms with Crippen LogP contribution in [-0.2, 0) is 11.2 Å². The summed E-state index contributed by atoms with van der Waals surface area (Å²) in [4.78, 5) is 29.8. The molecule has 2 amide bonds. The Morgan fingerprint density at radius 2 is 1.59 bits per heavy atom. The van der Waals surface area contributed by atoms with Gasteiger partial charge in [0.05, 0.1) is 11.5 Å². The van der Waals surface area contributed by atoms with E-state index in [1.54, 1.807) is 0 Å². The highest BCUT2D eigenvalue weighted by Gasteiger charge is 2.57. The zero-order valence-corrected chi connectivity index (χ0v) is 18.9. The highest BCUT2D eigenvalue weighted by atomic mass is 16.2. The molecule has 1 atom stereocenters. The van der Waals surface area contributed by atoms with Gasteiger partial charge in [-0.25, -0.2) is 0 Å². The van der Waals surface area contributed by atoms with Gasteiger partial charge in [0.15, 0.2) is 0 Å². The van der Waals surface area contributed by atoms with Crippen molar-refractivity contribution >= 4 is 11.8 Å². The Hall–Kier alpha value is -2.62. The Bertz CT molecular complexity index is 958. The molecule has 0 radical (unpaired) electrons. The number of amides is 2. The summed E-state index contributed by atoms with van der Waals surface area (Å²) in [6, 6.07) is 18.4. The minimum absolute atomic E-state index is 0.0867. The van der Waals surface area contributed by atoms with Crippen molar-refractivity contribution in [2.45, 2.75) is 81.7 Å². The molecule has 1 unspecified atom stereocenters. The van der Waals surface area contributed by atoms with Gasteiger partial charge in [-0.2, -0.15) is 0 Å². The normalized spacial score (nSPS) is 22.7. The molecule has 3 aliphatic rings. The number of nitrogens with one attached hydrogen (secondary N) is 1. The van der Waals surface area contributed by atoms with E-state index in [1.165, 1.54) is 24.8 Å². The summed E-state index contributed by atoms with van der Waals surface area (Å²) in [5, 5.41) is 3.25. The lowest BCUT2D eigenvalue weighted by Crippen LogP contribution is -2.63. The van der Waals surface area contributed by atoms with Crippen molar-refractivity contribution in [3.63, 3.8) is 0 Å². The lowest BCUT2D eigenvalue weighted by Gasteiger charge is -2.54. The van der Waals surface area contributed by atoms with Crippen molar-refractivity contribution in [2.24, 2.45) is 0 Å². The first kappa shape index (κ1) is 21.2. The number of carbonyl (C=O) groups is 2. The van der Waals surface area contributed by atoms with Gasteiger partial charge in [0.2, 0.25) is 5.91 Å². The van der Waals surface area contributed by atoms with Crippen LogP contribution in [0, 0.1) is 0 Å². The van der Waals surface area contributed by atoms with Crippen molar-refractivity contribution in [3.8, 4) is 0 Å². The average Bonchev–Trinajstić information content (AvgIpc) is 3.30. The molecule has 0 bridgehead atoms. The second kappa shape index (κ2) is 9.09. The van der Waals surface area contributed by atoms with E-state index in [0.29, 0.717) is 6.54 Å². The van der Waals surface area contributed by atoms with Gasteiger partial charge >= 0.3 is 0 Å². The van der Waals surface area contributed by atoms with Crippen molar-refractivity contribution in [2.75, 3.05) is 6.54 Å². The first-order valence-corrected chi connectivity index (χ1v) is 12.4. The predicted octanol–water partition coefficient (Wildman–Crippen LogP) is 5.23. The fraction of sp³-hybridized carbons (Fsp3) is 0.500. The van der Waals surface area contributed by atoms with Crippen LogP contribution in [0.1, 0.15) is 85.2 Å². The molecule has 2 aliphatic carbocycles. The van der Waals surface area contributed by atoms with Gasteiger partial charge in [0.1, 0.15) is 0 Å². The monoisotopic (exact) mass is 430 g/mol. The summed E-state index contributed by atoms with van der Waals surface area (Å²) < 4.78 is 0. The summed E-state index contributed by atoms with van der Waals surface area (Å²) >= 11 is 0. The van der Waals surface area contributed by atoms with Crippen LogP contribution in [0.25, 0.3) is 0 Å². The molecule has 1 spiro atoms. The van der Waals surface area contributed by atoms with Gasteiger partial charge in [0.25, 0.3) is 5.91 Å². The number of nitrogens with zero attached hydrogens (tertiary/aromatic N) is 1. The third-order valence-electron chi connectivity index (χ3n) is 7.97. The summed E-state index contributed by atoms with van der Waals surface area (Å²) in [5.41, 5.74) is 2.53. The minimum Gasteiger partial charge on any atom is -0.355 e. The number of fused-ring (bicyclic) bond motifs is 1. The summed E-state index contributed by atoms with van der Waals surface area (Å²) in [6.45, 7) is 0.620. The Kier molecular flexibility index (Phi) is 6.03. The minimum atomic E-state index is -0.371. The lowest BCUT2D eigenvalue weighted by atomic mass is 9.69. The summed E-state index contributed by atoms with van der Waals surface area (Å²) in [7, 11) is 0. The predicted molar refractivity (Wildman–Crippen MR) is 127 cm³/mol. The number of hydrogen-bond acceptors (Lipinski definition) is 2. The van der Waals surface area contributed by atoms with Gasteiger partial charge in [-0.3, -0.25) is 9.59 Å². The molecule has 2 aromatic carbocycles. The third-order valence-corrected chi connectivity index (χ3v) is 7.97. The molecule has 0 saturated heterocycles. The molecule has 32 heavy (non-hydrogen) atoms. The van der Waals surface area contributed by atoms with Crippen LogP contribution in [0.4, 0.5) is 0 Å². The van der Waals surface area contributed by atoms with Crippen LogP contribution >= 0.6 is 0 Å². The molecule has 2 fully saturated rings. The maximum atomic E-state index is 13.8. The van der Waals surface area contributed by atoms with Gasteiger partial charge in [-0.15, -0.1) is 0 Å². The molecule has 0 aromatic heterocycles. The molecular formula is C28H34N2O2. The highest BCUT2D eigenvalue weighted by Crippen LogP contribution is 2.52. The standard InChI is InChI=1S/C28H34N2O2/c31-26(29-20-17-21-11-3-1-4-12-21)25-23-15-7-8-16-24(23)27(32)30(22-13-5-2-6-14-22)28(25)18-9-10-19-28/h1,3-4,7-8,11-12,15-16,22,25H,2,5-6,9-10,13-14,17-20H2,(H,29,31).